The van der Waals surface area contributed by atoms with Crippen LogP contribution in [-0.2, 0) is 10.0 Å². The molecule has 22 heavy (non-hydrogen) atoms. The zero-order chi connectivity index (χ0) is 15.3. The lowest BCUT2D eigenvalue weighted by Crippen LogP contribution is -2.38. The van der Waals surface area contributed by atoms with Crippen molar-refractivity contribution in [1.29, 1.82) is 0 Å². The van der Waals surface area contributed by atoms with E-state index in [1.54, 1.807) is 6.07 Å². The number of hydrogen-bond acceptors (Lipinski definition) is 5. The zero-order valence-electron chi connectivity index (χ0n) is 12.8. The number of nitrogens with one attached hydrogen (secondary N) is 2. The van der Waals surface area contributed by atoms with E-state index >= 15 is 0 Å². The summed E-state index contributed by atoms with van der Waals surface area (Å²) in [6.07, 6.45) is 2.12. The number of sulfonamides is 1. The average Bonchev–Trinajstić information content (AvgIpc) is 2.53. The van der Waals surface area contributed by atoms with Gasteiger partial charge in [-0.3, -0.25) is 0 Å². The third-order valence-electron chi connectivity index (χ3n) is 3.60. The summed E-state index contributed by atoms with van der Waals surface area (Å²) >= 11 is 0. The van der Waals surface area contributed by atoms with Crippen LogP contribution in [-0.4, -0.2) is 42.3 Å². The molecule has 2 rings (SSSR count). The standard InChI is InChI=1S/C14H22N2O4S.ClH/c1-19-12-6-13(20-2)8-14(7-12)21(17,18)16-10-11-4-3-5-15-9-11;/h6-8,11,15-16H,3-5,9-10H2,1-2H3;1H. The van der Waals surface area contributed by atoms with E-state index in [0.717, 1.165) is 25.9 Å². The van der Waals surface area contributed by atoms with Crippen molar-refractivity contribution < 1.29 is 17.9 Å². The van der Waals surface area contributed by atoms with Crippen LogP contribution in [0, 0.1) is 5.92 Å². The molecule has 6 nitrogen and oxygen atoms in total. The van der Waals surface area contributed by atoms with Gasteiger partial charge in [0.2, 0.25) is 10.0 Å². The van der Waals surface area contributed by atoms with E-state index in [1.165, 1.54) is 26.4 Å². The quantitative estimate of drug-likeness (QED) is 0.811. The summed E-state index contributed by atoms with van der Waals surface area (Å²) in [5.41, 5.74) is 0. The molecule has 126 valence electrons. The highest BCUT2D eigenvalue weighted by Gasteiger charge is 2.20. The number of methoxy groups -OCH3 is 2. The van der Waals surface area contributed by atoms with Crippen LogP contribution < -0.4 is 19.5 Å². The molecule has 1 aliphatic heterocycles. The van der Waals surface area contributed by atoms with Crippen LogP contribution in [0.25, 0.3) is 0 Å². The lowest BCUT2D eigenvalue weighted by molar-refractivity contribution is 0.375. The summed E-state index contributed by atoms with van der Waals surface area (Å²) in [6.45, 7) is 2.30. The highest BCUT2D eigenvalue weighted by molar-refractivity contribution is 7.89. The van der Waals surface area contributed by atoms with Gasteiger partial charge in [-0.25, -0.2) is 13.1 Å². The first-order chi connectivity index (χ1) is 10.0. The van der Waals surface area contributed by atoms with Gasteiger partial charge in [-0.2, -0.15) is 0 Å². The SMILES string of the molecule is COc1cc(OC)cc(S(=O)(=O)NCC2CCCNC2)c1.Cl. The normalized spacial score (nSPS) is 18.4. The second kappa shape index (κ2) is 8.57. The maximum atomic E-state index is 12.4. The molecule has 0 radical (unpaired) electrons. The molecule has 0 aliphatic carbocycles. The van der Waals surface area contributed by atoms with Crippen molar-refractivity contribution in [2.75, 3.05) is 33.9 Å². The summed E-state index contributed by atoms with van der Waals surface area (Å²) in [7, 11) is -0.578. The maximum absolute atomic E-state index is 12.4. The Balaban J connectivity index is 0.00000242. The number of benzene rings is 1. The molecule has 1 aliphatic rings. The average molecular weight is 351 g/mol. The minimum absolute atomic E-state index is 0. The number of halogens is 1. The van der Waals surface area contributed by atoms with Gasteiger partial charge in [0.05, 0.1) is 19.1 Å². The Bertz CT molecular complexity index is 552. The molecular formula is C14H23ClN2O4S. The van der Waals surface area contributed by atoms with E-state index in [4.69, 9.17) is 9.47 Å². The lowest BCUT2D eigenvalue weighted by Gasteiger charge is -2.22. The summed E-state index contributed by atoms with van der Waals surface area (Å²) < 4.78 is 37.6. The van der Waals surface area contributed by atoms with Crippen LogP contribution in [0.2, 0.25) is 0 Å². The Morgan fingerprint density at radius 3 is 2.36 bits per heavy atom. The molecule has 2 N–H and O–H groups in total. The molecule has 0 spiro atoms. The summed E-state index contributed by atoms with van der Waals surface area (Å²) in [5, 5.41) is 3.27. The molecule has 1 unspecified atom stereocenters. The molecular weight excluding hydrogens is 328 g/mol. The van der Waals surface area contributed by atoms with Crippen molar-refractivity contribution in [2.45, 2.75) is 17.7 Å². The third kappa shape index (κ3) is 5.01. The Morgan fingerprint density at radius 1 is 1.23 bits per heavy atom. The van der Waals surface area contributed by atoms with E-state index in [0.29, 0.717) is 24.0 Å². The van der Waals surface area contributed by atoms with Crippen molar-refractivity contribution in [1.82, 2.24) is 10.0 Å². The molecule has 1 heterocycles. The van der Waals surface area contributed by atoms with Crippen molar-refractivity contribution >= 4 is 22.4 Å². The van der Waals surface area contributed by atoms with Crippen molar-refractivity contribution in [2.24, 2.45) is 5.92 Å². The number of piperidine rings is 1. The van der Waals surface area contributed by atoms with Crippen molar-refractivity contribution in [3.8, 4) is 11.5 Å². The predicted molar refractivity (Wildman–Crippen MR) is 87.6 cm³/mol. The summed E-state index contributed by atoms with van der Waals surface area (Å²) in [5.74, 6) is 1.24. The highest BCUT2D eigenvalue weighted by atomic mass is 35.5. The molecule has 1 atom stereocenters. The van der Waals surface area contributed by atoms with E-state index in [2.05, 4.69) is 10.0 Å². The molecule has 0 saturated carbocycles. The second-order valence-electron chi connectivity index (χ2n) is 5.11. The summed E-state index contributed by atoms with van der Waals surface area (Å²) in [4.78, 5) is 0.155. The van der Waals surface area contributed by atoms with Crippen LogP contribution in [0.15, 0.2) is 23.1 Å². The second-order valence-corrected chi connectivity index (χ2v) is 6.88. The van der Waals surface area contributed by atoms with Gasteiger partial charge in [-0.05, 0) is 31.8 Å². The van der Waals surface area contributed by atoms with E-state index in [1.807, 2.05) is 0 Å². The van der Waals surface area contributed by atoms with Crippen LogP contribution in [0.3, 0.4) is 0 Å². The van der Waals surface area contributed by atoms with Gasteiger partial charge >= 0.3 is 0 Å². The number of rotatable bonds is 6. The Hall–Kier alpha value is -1.02. The van der Waals surface area contributed by atoms with Gasteiger partial charge in [0.25, 0.3) is 0 Å². The number of hydrogen-bond donors (Lipinski definition) is 2. The van der Waals surface area contributed by atoms with E-state index < -0.39 is 10.0 Å². The van der Waals surface area contributed by atoms with Crippen LogP contribution in [0.1, 0.15) is 12.8 Å². The first-order valence-corrected chi connectivity index (χ1v) is 8.47. The van der Waals surface area contributed by atoms with Gasteiger partial charge in [0.1, 0.15) is 11.5 Å². The zero-order valence-corrected chi connectivity index (χ0v) is 14.4. The molecule has 8 heteroatoms. The highest BCUT2D eigenvalue weighted by Crippen LogP contribution is 2.25. The third-order valence-corrected chi connectivity index (χ3v) is 5.00. The Morgan fingerprint density at radius 2 is 1.86 bits per heavy atom. The molecule has 1 aromatic rings. The summed E-state index contributed by atoms with van der Waals surface area (Å²) in [6, 6.07) is 4.62. The topological polar surface area (TPSA) is 76.7 Å². The van der Waals surface area contributed by atoms with E-state index in [-0.39, 0.29) is 17.3 Å². The predicted octanol–water partition coefficient (Wildman–Crippen LogP) is 1.40. The van der Waals surface area contributed by atoms with Gasteiger partial charge < -0.3 is 14.8 Å². The first kappa shape index (κ1) is 19.0. The van der Waals surface area contributed by atoms with E-state index in [9.17, 15) is 8.42 Å². The molecule has 0 bridgehead atoms. The van der Waals surface area contributed by atoms with Crippen molar-refractivity contribution in [3.05, 3.63) is 18.2 Å². The molecule has 0 amide bonds. The molecule has 1 aromatic carbocycles. The van der Waals surface area contributed by atoms with Crippen LogP contribution in [0.5, 0.6) is 11.5 Å². The van der Waals surface area contributed by atoms with Crippen LogP contribution in [0.4, 0.5) is 0 Å². The number of ether oxygens (including phenoxy) is 2. The molecule has 1 fully saturated rings. The monoisotopic (exact) mass is 350 g/mol. The minimum atomic E-state index is -3.56. The fraction of sp³-hybridized carbons (Fsp3) is 0.571. The van der Waals surface area contributed by atoms with Gasteiger partial charge in [0, 0.05) is 24.7 Å². The van der Waals surface area contributed by atoms with Gasteiger partial charge in [-0.15, -0.1) is 12.4 Å². The smallest absolute Gasteiger partial charge is 0.240 e. The van der Waals surface area contributed by atoms with Crippen LogP contribution >= 0.6 is 12.4 Å². The minimum Gasteiger partial charge on any atom is -0.497 e. The molecule has 1 saturated heterocycles. The maximum Gasteiger partial charge on any atom is 0.240 e. The molecule has 0 aromatic heterocycles. The fourth-order valence-corrected chi connectivity index (χ4v) is 3.51. The lowest BCUT2D eigenvalue weighted by atomic mass is 10.0. The van der Waals surface area contributed by atoms with Gasteiger partial charge in [-0.1, -0.05) is 0 Å². The first-order valence-electron chi connectivity index (χ1n) is 6.98. The largest absolute Gasteiger partial charge is 0.497 e. The van der Waals surface area contributed by atoms with Gasteiger partial charge in [0.15, 0.2) is 0 Å². The van der Waals surface area contributed by atoms with Crippen molar-refractivity contribution in [3.63, 3.8) is 0 Å². The Kier molecular flexibility index (Phi) is 7.41. The Labute approximate surface area is 138 Å². The fourth-order valence-electron chi connectivity index (χ4n) is 2.35.